The fourth-order valence-electron chi connectivity index (χ4n) is 6.09. The predicted molar refractivity (Wildman–Crippen MR) is 195 cm³/mol. The van der Waals surface area contributed by atoms with Crippen molar-refractivity contribution in [1.29, 1.82) is 0 Å². The van der Waals surface area contributed by atoms with Gasteiger partial charge < -0.3 is 15.0 Å². The molecule has 0 bridgehead atoms. The lowest BCUT2D eigenvalue weighted by molar-refractivity contribution is -0.140. The average molecular weight is 723 g/mol. The molecule has 1 aliphatic rings. The molecule has 2 amide bonds. The molecule has 0 heterocycles. The van der Waals surface area contributed by atoms with Gasteiger partial charge in [0.2, 0.25) is 11.8 Å². The van der Waals surface area contributed by atoms with E-state index < -0.39 is 28.5 Å². The summed E-state index contributed by atoms with van der Waals surface area (Å²) < 4.78 is 35.0. The Morgan fingerprint density at radius 2 is 1.55 bits per heavy atom. The number of benzene rings is 4. The van der Waals surface area contributed by atoms with Crippen LogP contribution < -0.4 is 14.4 Å². The molecule has 1 fully saturated rings. The largest absolute Gasteiger partial charge is 0.495 e. The summed E-state index contributed by atoms with van der Waals surface area (Å²) in [6.45, 7) is 1.24. The molecule has 1 aliphatic carbocycles. The van der Waals surface area contributed by atoms with Crippen LogP contribution in [0.15, 0.2) is 102 Å². The summed E-state index contributed by atoms with van der Waals surface area (Å²) in [5.74, 6) is -0.522. The molecule has 8 nitrogen and oxygen atoms in total. The highest BCUT2D eigenvalue weighted by Gasteiger charge is 2.36. The number of hydrogen-bond donors (Lipinski definition) is 1. The Labute approximate surface area is 299 Å². The van der Waals surface area contributed by atoms with E-state index in [1.54, 1.807) is 42.5 Å². The lowest BCUT2D eigenvalue weighted by atomic mass is 9.94. The van der Waals surface area contributed by atoms with Crippen molar-refractivity contribution >= 4 is 50.7 Å². The smallest absolute Gasteiger partial charge is 0.264 e. The predicted octanol–water partition coefficient (Wildman–Crippen LogP) is 7.59. The first-order chi connectivity index (χ1) is 23.6. The van der Waals surface area contributed by atoms with E-state index in [-0.39, 0.29) is 40.5 Å². The first-order valence-electron chi connectivity index (χ1n) is 16.4. The SMILES string of the molecule is COc1ccc(N(CC(=O)N(Cc2ccccc2Cl)C(Cc2ccccc2)C(=O)NC2CCCCC2)S(=O)(=O)c2ccc(C)cc2)cc1Cl. The molecule has 1 saturated carbocycles. The number of halogens is 2. The zero-order chi connectivity index (χ0) is 35.0. The van der Waals surface area contributed by atoms with Crippen molar-refractivity contribution in [1.82, 2.24) is 10.2 Å². The van der Waals surface area contributed by atoms with Crippen LogP contribution in [0.1, 0.15) is 48.8 Å². The number of sulfonamides is 1. The maximum atomic E-state index is 14.8. The zero-order valence-electron chi connectivity index (χ0n) is 27.6. The molecule has 1 unspecified atom stereocenters. The quantitative estimate of drug-likeness (QED) is 0.154. The van der Waals surface area contributed by atoms with E-state index in [1.165, 1.54) is 30.2 Å². The first kappa shape index (κ1) is 36.2. The number of aryl methyl sites for hydroxylation is 1. The van der Waals surface area contributed by atoms with Crippen LogP contribution in [0.4, 0.5) is 5.69 Å². The third kappa shape index (κ3) is 9.15. The van der Waals surface area contributed by atoms with Crippen LogP contribution in [0.2, 0.25) is 10.0 Å². The van der Waals surface area contributed by atoms with Gasteiger partial charge in [0.05, 0.1) is 22.7 Å². The number of carbonyl (C=O) groups excluding carboxylic acids is 2. The van der Waals surface area contributed by atoms with Gasteiger partial charge in [-0.3, -0.25) is 13.9 Å². The van der Waals surface area contributed by atoms with Crippen LogP contribution in [0.5, 0.6) is 5.75 Å². The van der Waals surface area contributed by atoms with E-state index in [0.29, 0.717) is 16.3 Å². The van der Waals surface area contributed by atoms with Crippen molar-refractivity contribution in [2.45, 2.75) is 69.0 Å². The monoisotopic (exact) mass is 721 g/mol. The zero-order valence-corrected chi connectivity index (χ0v) is 30.0. The number of ether oxygens (including phenoxy) is 1. The Hall–Kier alpha value is -4.05. The molecule has 4 aromatic rings. The van der Waals surface area contributed by atoms with E-state index in [9.17, 15) is 18.0 Å². The Kier molecular flexibility index (Phi) is 12.3. The Morgan fingerprint density at radius 1 is 0.878 bits per heavy atom. The number of anilines is 1. The molecule has 1 atom stereocenters. The second-order valence-corrected chi connectivity index (χ2v) is 15.0. The van der Waals surface area contributed by atoms with Crippen molar-refractivity contribution < 1.29 is 22.7 Å². The van der Waals surface area contributed by atoms with Crippen LogP contribution in [0.3, 0.4) is 0 Å². The minimum absolute atomic E-state index is 0.00311. The average Bonchev–Trinajstić information content (AvgIpc) is 3.10. The van der Waals surface area contributed by atoms with Gasteiger partial charge >= 0.3 is 0 Å². The second kappa shape index (κ2) is 16.6. The van der Waals surface area contributed by atoms with Crippen LogP contribution >= 0.6 is 23.2 Å². The maximum Gasteiger partial charge on any atom is 0.264 e. The summed E-state index contributed by atoms with van der Waals surface area (Å²) in [6.07, 6.45) is 5.11. The molecular formula is C38H41Cl2N3O5S. The molecule has 49 heavy (non-hydrogen) atoms. The number of methoxy groups -OCH3 is 1. The number of hydrogen-bond acceptors (Lipinski definition) is 5. The minimum atomic E-state index is -4.28. The highest BCUT2D eigenvalue weighted by Crippen LogP contribution is 2.33. The third-order valence-electron chi connectivity index (χ3n) is 8.83. The fraction of sp³-hybridized carbons (Fsp3) is 0.316. The maximum absolute atomic E-state index is 14.8. The van der Waals surface area contributed by atoms with Gasteiger partial charge in [-0.15, -0.1) is 0 Å². The Balaban J connectivity index is 1.59. The Bertz CT molecular complexity index is 1850. The number of amides is 2. The van der Waals surface area contributed by atoms with Crippen molar-refractivity contribution in [3.63, 3.8) is 0 Å². The van der Waals surface area contributed by atoms with Gasteiger partial charge in [-0.2, -0.15) is 0 Å². The molecule has 0 saturated heterocycles. The summed E-state index contributed by atoms with van der Waals surface area (Å²) in [4.78, 5) is 30.5. The van der Waals surface area contributed by atoms with E-state index >= 15 is 0 Å². The number of nitrogens with one attached hydrogen (secondary N) is 1. The summed E-state index contributed by atoms with van der Waals surface area (Å²) in [6, 6.07) is 26.6. The van der Waals surface area contributed by atoms with Gasteiger partial charge in [0.15, 0.2) is 0 Å². The lowest BCUT2D eigenvalue weighted by Crippen LogP contribution is -2.55. The number of carbonyl (C=O) groups is 2. The number of rotatable bonds is 13. The highest BCUT2D eigenvalue weighted by atomic mass is 35.5. The van der Waals surface area contributed by atoms with Crippen molar-refractivity contribution in [3.05, 3.63) is 124 Å². The normalized spacial score (nSPS) is 14.1. The standard InChI is InChI=1S/C38H41Cl2N3O5S/c1-27-17-20-32(21-18-27)49(46,47)43(31-19-22-36(48-2)34(40)24-31)26-37(44)42(25-29-13-9-10-16-33(29)39)35(23-28-11-5-3-6-12-28)38(45)41-30-14-7-4-8-15-30/h3,5-6,9-13,16-22,24,30,35H,4,7-8,14-15,23,25-26H2,1-2H3,(H,41,45). The van der Waals surface area contributed by atoms with Gasteiger partial charge in [-0.1, -0.05) is 109 Å². The van der Waals surface area contributed by atoms with Crippen LogP contribution in [-0.2, 0) is 32.6 Å². The van der Waals surface area contributed by atoms with E-state index in [2.05, 4.69) is 5.32 Å². The van der Waals surface area contributed by atoms with Gasteiger partial charge in [0, 0.05) is 24.0 Å². The molecule has 0 aromatic heterocycles. The molecule has 0 spiro atoms. The third-order valence-corrected chi connectivity index (χ3v) is 11.3. The molecular weight excluding hydrogens is 681 g/mol. The molecule has 1 N–H and O–H groups in total. The van der Waals surface area contributed by atoms with Crippen LogP contribution in [-0.4, -0.2) is 50.9 Å². The summed E-state index contributed by atoms with van der Waals surface area (Å²) in [5.41, 5.74) is 2.53. The van der Waals surface area contributed by atoms with Crippen molar-refractivity contribution in [2.75, 3.05) is 18.0 Å². The summed E-state index contributed by atoms with van der Waals surface area (Å²) in [7, 11) is -2.82. The second-order valence-electron chi connectivity index (χ2n) is 12.3. The highest BCUT2D eigenvalue weighted by molar-refractivity contribution is 7.92. The van der Waals surface area contributed by atoms with E-state index in [0.717, 1.165) is 47.5 Å². The molecule has 11 heteroatoms. The van der Waals surface area contributed by atoms with E-state index in [4.69, 9.17) is 27.9 Å². The van der Waals surface area contributed by atoms with Crippen LogP contribution in [0, 0.1) is 6.92 Å². The Morgan fingerprint density at radius 3 is 2.20 bits per heavy atom. The number of nitrogens with zero attached hydrogens (tertiary/aromatic N) is 2. The van der Waals surface area contributed by atoms with Gasteiger partial charge in [0.25, 0.3) is 10.0 Å². The molecule has 258 valence electrons. The molecule has 0 aliphatic heterocycles. The summed E-state index contributed by atoms with van der Waals surface area (Å²) in [5, 5.41) is 3.82. The first-order valence-corrected chi connectivity index (χ1v) is 18.6. The fourth-order valence-corrected chi connectivity index (χ4v) is 7.94. The summed E-state index contributed by atoms with van der Waals surface area (Å²) >= 11 is 13.1. The van der Waals surface area contributed by atoms with Crippen molar-refractivity contribution in [3.8, 4) is 5.75 Å². The van der Waals surface area contributed by atoms with E-state index in [1.807, 2.05) is 43.3 Å². The molecule has 4 aromatic carbocycles. The van der Waals surface area contributed by atoms with Gasteiger partial charge in [0.1, 0.15) is 18.3 Å². The van der Waals surface area contributed by atoms with Crippen molar-refractivity contribution in [2.24, 2.45) is 0 Å². The van der Waals surface area contributed by atoms with Gasteiger partial charge in [-0.25, -0.2) is 8.42 Å². The van der Waals surface area contributed by atoms with Gasteiger partial charge in [-0.05, 0) is 67.3 Å². The molecule has 5 rings (SSSR count). The topological polar surface area (TPSA) is 96.0 Å². The molecule has 0 radical (unpaired) electrons. The van der Waals surface area contributed by atoms with Crippen LogP contribution in [0.25, 0.3) is 0 Å². The lowest BCUT2D eigenvalue weighted by Gasteiger charge is -2.35. The minimum Gasteiger partial charge on any atom is -0.495 e.